The Labute approximate surface area is 129 Å². The highest BCUT2D eigenvalue weighted by Gasteiger charge is 2.44. The predicted molar refractivity (Wildman–Crippen MR) is 83.5 cm³/mol. The van der Waals surface area contributed by atoms with E-state index >= 15 is 0 Å². The third-order valence-electron chi connectivity index (χ3n) is 4.61. The monoisotopic (exact) mass is 304 g/mol. The zero-order chi connectivity index (χ0) is 15.6. The topological polar surface area (TPSA) is 83.9 Å². The van der Waals surface area contributed by atoms with Crippen molar-refractivity contribution in [3.05, 3.63) is 16.0 Å². The van der Waals surface area contributed by atoms with Crippen molar-refractivity contribution in [2.75, 3.05) is 5.73 Å². The average Bonchev–Trinajstić information content (AvgIpc) is 2.83. The van der Waals surface area contributed by atoms with Crippen molar-refractivity contribution < 1.29 is 9.59 Å². The Morgan fingerprint density at radius 1 is 1.57 bits per heavy atom. The number of Topliss-reactive ketones (excluding diaryl/α,β-unsaturated/α-hetero) is 1. The van der Waals surface area contributed by atoms with E-state index in [0.717, 1.165) is 36.0 Å². The van der Waals surface area contributed by atoms with Crippen LogP contribution in [0.4, 0.5) is 5.00 Å². The summed E-state index contributed by atoms with van der Waals surface area (Å²) in [5, 5.41) is 9.98. The number of carbonyl (C=O) groups is 2. The molecule has 1 aliphatic carbocycles. The molecule has 21 heavy (non-hydrogen) atoms. The molecule has 0 saturated carbocycles. The van der Waals surface area contributed by atoms with Gasteiger partial charge in [0.2, 0.25) is 0 Å². The van der Waals surface area contributed by atoms with Crippen LogP contribution in [0.25, 0.3) is 0 Å². The van der Waals surface area contributed by atoms with Crippen molar-refractivity contribution in [2.24, 2.45) is 11.3 Å². The Hall–Kier alpha value is -1.67. The fourth-order valence-corrected chi connectivity index (χ4v) is 3.95. The SMILES string of the molecule is CCC(C)CCC1(C#N)CCc2c(sc(N)c2C=O)C1=O. The molecule has 0 spiro atoms. The number of nitrogens with zero attached hydrogens (tertiary/aromatic N) is 1. The number of carbonyl (C=O) groups excluding carboxylic acids is 2. The van der Waals surface area contributed by atoms with Gasteiger partial charge in [0.25, 0.3) is 0 Å². The maximum Gasteiger partial charge on any atom is 0.193 e. The van der Waals surface area contributed by atoms with Gasteiger partial charge >= 0.3 is 0 Å². The summed E-state index contributed by atoms with van der Waals surface area (Å²) in [5.41, 5.74) is 6.07. The molecular weight excluding hydrogens is 284 g/mol. The lowest BCUT2D eigenvalue weighted by atomic mass is 9.70. The lowest BCUT2D eigenvalue weighted by Crippen LogP contribution is -2.34. The van der Waals surface area contributed by atoms with Gasteiger partial charge in [-0.25, -0.2) is 0 Å². The summed E-state index contributed by atoms with van der Waals surface area (Å²) < 4.78 is 0. The highest BCUT2D eigenvalue weighted by molar-refractivity contribution is 7.18. The molecule has 1 aliphatic rings. The zero-order valence-electron chi connectivity index (χ0n) is 12.4. The van der Waals surface area contributed by atoms with Crippen LogP contribution in [-0.2, 0) is 6.42 Å². The third kappa shape index (κ3) is 2.60. The molecule has 1 heterocycles. The van der Waals surface area contributed by atoms with E-state index in [9.17, 15) is 14.9 Å². The Kier molecular flexibility index (Phi) is 4.48. The molecule has 0 saturated heterocycles. The number of aldehydes is 1. The number of hydrogen-bond donors (Lipinski definition) is 1. The van der Waals surface area contributed by atoms with Gasteiger partial charge in [-0.15, -0.1) is 11.3 Å². The van der Waals surface area contributed by atoms with Crippen LogP contribution < -0.4 is 5.73 Å². The largest absolute Gasteiger partial charge is 0.390 e. The molecule has 0 bridgehead atoms. The van der Waals surface area contributed by atoms with Crippen LogP contribution in [-0.4, -0.2) is 12.1 Å². The van der Waals surface area contributed by atoms with E-state index in [2.05, 4.69) is 19.9 Å². The Morgan fingerprint density at radius 3 is 2.86 bits per heavy atom. The van der Waals surface area contributed by atoms with Gasteiger partial charge in [0.05, 0.1) is 21.5 Å². The minimum atomic E-state index is -0.937. The third-order valence-corrected chi connectivity index (χ3v) is 5.69. The van der Waals surface area contributed by atoms with Crippen LogP contribution in [0.15, 0.2) is 0 Å². The van der Waals surface area contributed by atoms with Gasteiger partial charge in [0, 0.05) is 0 Å². The molecule has 2 unspecified atom stereocenters. The van der Waals surface area contributed by atoms with Gasteiger partial charge in [-0.2, -0.15) is 5.26 Å². The van der Waals surface area contributed by atoms with Gasteiger partial charge in [0.15, 0.2) is 12.1 Å². The van der Waals surface area contributed by atoms with E-state index in [1.165, 1.54) is 0 Å². The van der Waals surface area contributed by atoms with E-state index in [-0.39, 0.29) is 5.78 Å². The molecule has 112 valence electrons. The molecule has 0 aliphatic heterocycles. The van der Waals surface area contributed by atoms with Gasteiger partial charge in [-0.05, 0) is 37.2 Å². The second kappa shape index (κ2) is 5.98. The summed E-state index contributed by atoms with van der Waals surface area (Å²) in [6, 6.07) is 2.26. The smallest absolute Gasteiger partial charge is 0.193 e. The Morgan fingerprint density at radius 2 is 2.29 bits per heavy atom. The second-order valence-corrected chi connectivity index (χ2v) is 6.93. The van der Waals surface area contributed by atoms with Crippen molar-refractivity contribution in [1.29, 1.82) is 5.26 Å². The van der Waals surface area contributed by atoms with Gasteiger partial charge in [-0.1, -0.05) is 20.3 Å². The number of thiophene rings is 1. The Balaban J connectivity index is 2.34. The molecule has 2 N–H and O–H groups in total. The summed E-state index contributed by atoms with van der Waals surface area (Å²) >= 11 is 1.15. The number of rotatable bonds is 5. The first-order chi connectivity index (χ1) is 9.99. The van der Waals surface area contributed by atoms with Crippen molar-refractivity contribution in [2.45, 2.75) is 46.0 Å². The maximum atomic E-state index is 12.8. The van der Waals surface area contributed by atoms with Crippen LogP contribution in [0.2, 0.25) is 0 Å². The molecule has 0 amide bonds. The molecule has 2 rings (SSSR count). The number of fused-ring (bicyclic) bond motifs is 1. The molecule has 1 aromatic heterocycles. The van der Waals surface area contributed by atoms with Crippen molar-refractivity contribution in [3.8, 4) is 6.07 Å². The molecule has 1 aromatic rings. The molecule has 0 fully saturated rings. The van der Waals surface area contributed by atoms with Crippen molar-refractivity contribution in [1.82, 2.24) is 0 Å². The van der Waals surface area contributed by atoms with Crippen molar-refractivity contribution >= 4 is 28.4 Å². The normalized spacial score (nSPS) is 22.4. The van der Waals surface area contributed by atoms with E-state index in [4.69, 9.17) is 5.73 Å². The second-order valence-electron chi connectivity index (χ2n) is 5.88. The van der Waals surface area contributed by atoms with E-state index in [0.29, 0.717) is 40.6 Å². The number of nitriles is 1. The van der Waals surface area contributed by atoms with Crippen LogP contribution in [0.3, 0.4) is 0 Å². The van der Waals surface area contributed by atoms with E-state index < -0.39 is 5.41 Å². The molecule has 4 nitrogen and oxygen atoms in total. The Bertz CT molecular complexity index is 615. The summed E-state index contributed by atoms with van der Waals surface area (Å²) in [5.74, 6) is 0.364. The number of ketones is 1. The van der Waals surface area contributed by atoms with E-state index in [1.807, 2.05) is 0 Å². The number of anilines is 1. The number of hydrogen-bond acceptors (Lipinski definition) is 5. The maximum absolute atomic E-state index is 12.8. The quantitative estimate of drug-likeness (QED) is 0.842. The lowest BCUT2D eigenvalue weighted by molar-refractivity contribution is 0.0820. The first-order valence-electron chi connectivity index (χ1n) is 7.31. The standard InChI is InChI=1S/C16H20N2O2S/c1-3-10(2)4-6-16(9-17)7-5-11-12(8-19)15(18)21-13(11)14(16)20/h8,10H,3-7,18H2,1-2H3. The summed E-state index contributed by atoms with van der Waals surface area (Å²) in [7, 11) is 0. The predicted octanol–water partition coefficient (Wildman–Crippen LogP) is 3.61. The fourth-order valence-electron chi connectivity index (χ4n) is 2.83. The summed E-state index contributed by atoms with van der Waals surface area (Å²) in [6.07, 6.45) is 4.29. The van der Waals surface area contributed by atoms with Crippen LogP contribution in [0, 0.1) is 22.7 Å². The van der Waals surface area contributed by atoms with Crippen LogP contribution in [0.5, 0.6) is 0 Å². The van der Waals surface area contributed by atoms with Gasteiger partial charge in [0.1, 0.15) is 5.41 Å². The summed E-state index contributed by atoms with van der Waals surface area (Å²) in [4.78, 5) is 24.4. The highest BCUT2D eigenvalue weighted by Crippen LogP contribution is 2.45. The van der Waals surface area contributed by atoms with Crippen molar-refractivity contribution in [3.63, 3.8) is 0 Å². The molecular formula is C16H20N2O2S. The molecule has 2 atom stereocenters. The minimum Gasteiger partial charge on any atom is -0.390 e. The number of nitrogen functional groups attached to an aromatic ring is 1. The van der Waals surface area contributed by atoms with Gasteiger partial charge in [-0.3, -0.25) is 9.59 Å². The summed E-state index contributed by atoms with van der Waals surface area (Å²) in [6.45, 7) is 4.25. The molecule has 0 radical (unpaired) electrons. The molecule has 0 aromatic carbocycles. The van der Waals surface area contributed by atoms with Crippen LogP contribution >= 0.6 is 11.3 Å². The zero-order valence-corrected chi connectivity index (χ0v) is 13.3. The molecule has 5 heteroatoms. The van der Waals surface area contributed by atoms with Crippen LogP contribution in [0.1, 0.15) is 65.1 Å². The fraction of sp³-hybridized carbons (Fsp3) is 0.562. The first-order valence-corrected chi connectivity index (χ1v) is 8.13. The first kappa shape index (κ1) is 15.7. The minimum absolute atomic E-state index is 0.139. The lowest BCUT2D eigenvalue weighted by Gasteiger charge is -2.30. The number of nitrogens with two attached hydrogens (primary N) is 1. The van der Waals surface area contributed by atoms with E-state index in [1.54, 1.807) is 0 Å². The highest BCUT2D eigenvalue weighted by atomic mass is 32.1. The van der Waals surface area contributed by atoms with Gasteiger partial charge < -0.3 is 5.73 Å². The average molecular weight is 304 g/mol.